The Bertz CT molecular complexity index is 880. The lowest BCUT2D eigenvalue weighted by molar-refractivity contribution is -0.141. The van der Waals surface area contributed by atoms with E-state index < -0.39 is 5.60 Å². The number of amides is 1. The first kappa shape index (κ1) is 20.5. The number of rotatable bonds is 6. The minimum atomic E-state index is -1.16. The molecule has 3 heterocycles. The lowest BCUT2D eigenvalue weighted by Crippen LogP contribution is -2.59. The highest BCUT2D eigenvalue weighted by Crippen LogP contribution is 2.51. The molecule has 1 aliphatic carbocycles. The van der Waals surface area contributed by atoms with E-state index >= 15 is 0 Å². The van der Waals surface area contributed by atoms with Gasteiger partial charge >= 0.3 is 6.01 Å². The van der Waals surface area contributed by atoms with Crippen LogP contribution in [0.2, 0.25) is 0 Å². The number of nitrogens with zero attached hydrogens (tertiary/aromatic N) is 5. The van der Waals surface area contributed by atoms with Gasteiger partial charge in [0.05, 0.1) is 25.0 Å². The lowest BCUT2D eigenvalue weighted by atomic mass is 9.63. The third-order valence-electron chi connectivity index (χ3n) is 6.02. The third kappa shape index (κ3) is 3.58. The Morgan fingerprint density at radius 3 is 2.50 bits per heavy atom. The molecule has 1 saturated carbocycles. The van der Waals surface area contributed by atoms with Gasteiger partial charge in [0, 0.05) is 43.5 Å². The van der Waals surface area contributed by atoms with Crippen molar-refractivity contribution in [3.05, 3.63) is 36.0 Å². The van der Waals surface area contributed by atoms with Gasteiger partial charge in [-0.05, 0) is 26.7 Å². The van der Waals surface area contributed by atoms with Crippen molar-refractivity contribution in [2.75, 3.05) is 26.3 Å². The maximum atomic E-state index is 12.9. The number of ether oxygens (including phenoxy) is 2. The zero-order chi connectivity index (χ0) is 21.1. The van der Waals surface area contributed by atoms with E-state index in [0.717, 1.165) is 19.3 Å². The highest BCUT2D eigenvalue weighted by Gasteiger charge is 2.54. The molecule has 2 aliphatic rings. The Morgan fingerprint density at radius 2 is 1.87 bits per heavy atom. The first-order valence-electron chi connectivity index (χ1n) is 10.5. The van der Waals surface area contributed by atoms with Gasteiger partial charge in [-0.1, -0.05) is 6.42 Å². The van der Waals surface area contributed by atoms with E-state index in [2.05, 4.69) is 19.9 Å². The molecule has 2 aromatic heterocycles. The molecule has 2 bridgehead atoms. The Labute approximate surface area is 175 Å². The van der Waals surface area contributed by atoms with Crippen LogP contribution in [0.15, 0.2) is 24.8 Å². The Morgan fingerprint density at radius 1 is 1.13 bits per heavy atom. The van der Waals surface area contributed by atoms with Gasteiger partial charge in [-0.3, -0.25) is 9.78 Å². The number of hydrogen-bond acceptors (Lipinski definition) is 8. The van der Waals surface area contributed by atoms with Gasteiger partial charge in [0.15, 0.2) is 0 Å². The summed E-state index contributed by atoms with van der Waals surface area (Å²) in [5, 5.41) is 12.0. The molecule has 2 fully saturated rings. The van der Waals surface area contributed by atoms with Gasteiger partial charge in [-0.2, -0.15) is 4.98 Å². The summed E-state index contributed by atoms with van der Waals surface area (Å²) in [5.41, 5.74) is -0.262. The average molecular weight is 413 g/mol. The fraction of sp³-hybridized carbons (Fsp3) is 0.571. The molecule has 2 unspecified atom stereocenters. The summed E-state index contributed by atoms with van der Waals surface area (Å²) in [4.78, 5) is 31.5. The molecule has 9 heteroatoms. The number of aromatic nitrogens is 4. The molecule has 2 aromatic rings. The lowest BCUT2D eigenvalue weighted by Gasteiger charge is -2.53. The number of carbonyl (C=O) groups is 1. The second-order valence-corrected chi connectivity index (χ2v) is 7.69. The summed E-state index contributed by atoms with van der Waals surface area (Å²) in [5.74, 6) is -0.100. The number of aliphatic hydroxyl groups is 1. The fourth-order valence-corrected chi connectivity index (χ4v) is 4.70. The smallest absolute Gasteiger partial charge is 0.319 e. The molecule has 2 atom stereocenters. The van der Waals surface area contributed by atoms with Gasteiger partial charge in [0.1, 0.15) is 11.3 Å². The molecule has 0 spiro atoms. The molecular formula is C21H27N5O4. The van der Waals surface area contributed by atoms with Gasteiger partial charge < -0.3 is 19.5 Å². The quantitative estimate of drug-likeness (QED) is 0.764. The normalized spacial score (nSPS) is 25.6. The van der Waals surface area contributed by atoms with Crippen molar-refractivity contribution >= 4 is 5.91 Å². The van der Waals surface area contributed by atoms with E-state index in [1.165, 1.54) is 12.4 Å². The van der Waals surface area contributed by atoms with Crippen LogP contribution in [-0.4, -0.2) is 62.2 Å². The second-order valence-electron chi connectivity index (χ2n) is 7.69. The molecule has 4 rings (SSSR count). The van der Waals surface area contributed by atoms with Crippen LogP contribution in [0.3, 0.4) is 0 Å². The molecule has 9 nitrogen and oxygen atoms in total. The maximum absolute atomic E-state index is 12.9. The van der Waals surface area contributed by atoms with E-state index in [9.17, 15) is 9.90 Å². The van der Waals surface area contributed by atoms with Crippen LogP contribution >= 0.6 is 0 Å². The fourth-order valence-electron chi connectivity index (χ4n) is 4.70. The predicted octanol–water partition coefficient (Wildman–Crippen LogP) is 1.82. The van der Waals surface area contributed by atoms with E-state index in [-0.39, 0.29) is 23.8 Å². The van der Waals surface area contributed by atoms with Crippen molar-refractivity contribution in [2.45, 2.75) is 38.7 Å². The van der Waals surface area contributed by atoms with Gasteiger partial charge in [0.2, 0.25) is 5.88 Å². The summed E-state index contributed by atoms with van der Waals surface area (Å²) < 4.78 is 11.2. The molecular weight excluding hydrogens is 386 g/mol. The van der Waals surface area contributed by atoms with Gasteiger partial charge in [-0.15, -0.1) is 0 Å². The van der Waals surface area contributed by atoms with Crippen LogP contribution in [0, 0.1) is 11.8 Å². The van der Waals surface area contributed by atoms with Crippen molar-refractivity contribution in [1.29, 1.82) is 0 Å². The molecule has 0 aromatic carbocycles. The summed E-state index contributed by atoms with van der Waals surface area (Å²) in [7, 11) is 0. The van der Waals surface area contributed by atoms with Crippen LogP contribution < -0.4 is 9.47 Å². The Balaban J connectivity index is 1.66. The summed E-state index contributed by atoms with van der Waals surface area (Å²) in [6.45, 7) is 5.46. The van der Waals surface area contributed by atoms with Crippen molar-refractivity contribution in [3.63, 3.8) is 0 Å². The van der Waals surface area contributed by atoms with E-state index in [0.29, 0.717) is 43.4 Å². The largest absolute Gasteiger partial charge is 0.478 e. The van der Waals surface area contributed by atoms with Crippen LogP contribution in [0.5, 0.6) is 11.9 Å². The highest BCUT2D eigenvalue weighted by molar-refractivity contribution is 5.92. The van der Waals surface area contributed by atoms with Crippen LogP contribution in [0.1, 0.15) is 49.2 Å². The first-order valence-corrected chi connectivity index (χ1v) is 10.5. The van der Waals surface area contributed by atoms with E-state index in [1.807, 2.05) is 13.8 Å². The number of likely N-dealkylation sites (tertiary alicyclic amines) is 1. The molecule has 160 valence electrons. The number of carbonyl (C=O) groups excluding carboxylic acids is 1. The zero-order valence-electron chi connectivity index (χ0n) is 17.3. The maximum Gasteiger partial charge on any atom is 0.319 e. The molecule has 1 saturated heterocycles. The second kappa shape index (κ2) is 8.51. The average Bonchev–Trinajstić information content (AvgIpc) is 2.74. The first-order chi connectivity index (χ1) is 14.6. The Kier molecular flexibility index (Phi) is 5.80. The van der Waals surface area contributed by atoms with Gasteiger partial charge in [0.25, 0.3) is 5.91 Å². The molecule has 30 heavy (non-hydrogen) atoms. The van der Waals surface area contributed by atoms with Crippen LogP contribution in [-0.2, 0) is 5.60 Å². The minimum Gasteiger partial charge on any atom is -0.478 e. The summed E-state index contributed by atoms with van der Waals surface area (Å²) in [6, 6.07) is 0.230. The predicted molar refractivity (Wildman–Crippen MR) is 107 cm³/mol. The number of piperidine rings is 1. The zero-order valence-corrected chi connectivity index (χ0v) is 17.3. The monoisotopic (exact) mass is 413 g/mol. The molecule has 1 aliphatic heterocycles. The summed E-state index contributed by atoms with van der Waals surface area (Å²) in [6.07, 6.45) is 8.77. The summed E-state index contributed by atoms with van der Waals surface area (Å²) >= 11 is 0. The van der Waals surface area contributed by atoms with Crippen LogP contribution in [0.25, 0.3) is 0 Å². The molecule has 1 N–H and O–H groups in total. The van der Waals surface area contributed by atoms with Crippen LogP contribution in [0.4, 0.5) is 0 Å². The minimum absolute atomic E-state index is 0.147. The van der Waals surface area contributed by atoms with Gasteiger partial charge in [-0.25, -0.2) is 9.97 Å². The van der Waals surface area contributed by atoms with E-state index in [1.54, 1.807) is 17.3 Å². The number of fused-ring (bicyclic) bond motifs is 2. The topological polar surface area (TPSA) is 111 Å². The van der Waals surface area contributed by atoms with Crippen molar-refractivity contribution in [3.8, 4) is 11.9 Å². The third-order valence-corrected chi connectivity index (χ3v) is 6.02. The van der Waals surface area contributed by atoms with Crippen molar-refractivity contribution in [2.24, 2.45) is 11.8 Å². The number of hydrogen-bond donors (Lipinski definition) is 1. The van der Waals surface area contributed by atoms with E-state index in [4.69, 9.17) is 9.47 Å². The van der Waals surface area contributed by atoms with Crippen molar-refractivity contribution in [1.82, 2.24) is 24.8 Å². The molecule has 1 amide bonds. The van der Waals surface area contributed by atoms with Crippen molar-refractivity contribution < 1.29 is 19.4 Å². The SMILES string of the molecule is CCOc1ncc(C2(O)C3CCCC2CN(C(=O)c2cnccn2)C3)c(OCC)n1. The molecule has 0 radical (unpaired) electrons. The highest BCUT2D eigenvalue weighted by atomic mass is 16.5. The standard InChI is InChI=1S/C21H27N5O4/c1-3-29-18-16(10-24-20(25-18)30-4-2)21(28)14-6-5-7-15(21)13-26(12-14)19(27)17-11-22-8-9-23-17/h8-11,14-15,28H,3-7,12-13H2,1-2H3. The Hall–Kier alpha value is -2.81.